The largest absolute Gasteiger partial charge is 0.468 e. The first-order chi connectivity index (χ1) is 13.4. The van der Waals surface area contributed by atoms with Gasteiger partial charge in [-0.2, -0.15) is 17.0 Å². The molecule has 28 heavy (non-hydrogen) atoms. The third kappa shape index (κ3) is 4.81. The highest BCUT2D eigenvalue weighted by atomic mass is 32.2. The van der Waals surface area contributed by atoms with Crippen LogP contribution in [0.4, 0.5) is 0 Å². The Kier molecular flexibility index (Phi) is 6.53. The van der Waals surface area contributed by atoms with Crippen molar-refractivity contribution in [3.05, 3.63) is 59.5 Å². The van der Waals surface area contributed by atoms with E-state index in [4.69, 9.17) is 4.42 Å². The van der Waals surface area contributed by atoms with Crippen molar-refractivity contribution in [3.63, 3.8) is 0 Å². The highest BCUT2D eigenvalue weighted by Crippen LogP contribution is 2.23. The molecular weight excluding hydrogens is 378 g/mol. The molecule has 0 atom stereocenters. The summed E-state index contributed by atoms with van der Waals surface area (Å²) in [6.07, 6.45) is 3.28. The molecule has 0 radical (unpaired) electrons. The summed E-state index contributed by atoms with van der Waals surface area (Å²) in [7, 11) is -2.05. The van der Waals surface area contributed by atoms with E-state index < -0.39 is 10.2 Å². The summed E-state index contributed by atoms with van der Waals surface area (Å²) in [4.78, 5) is 11.7. The molecule has 0 unspecified atom stereocenters. The number of carbonyl (C=O) groups is 1. The van der Waals surface area contributed by atoms with Gasteiger partial charge in [0.15, 0.2) is 0 Å². The topological polar surface area (TPSA) is 82.9 Å². The SMILES string of the molecule is CNC(=O)c1ccc(CN(Cc2ccco2)S(=O)(=O)N2CCC(C)CC2)cc1. The first-order valence-corrected chi connectivity index (χ1v) is 10.9. The lowest BCUT2D eigenvalue weighted by molar-refractivity contribution is 0.0963. The third-order valence-corrected chi connectivity index (χ3v) is 7.04. The van der Waals surface area contributed by atoms with Gasteiger partial charge < -0.3 is 9.73 Å². The summed E-state index contributed by atoms with van der Waals surface area (Å²) < 4.78 is 35.0. The summed E-state index contributed by atoms with van der Waals surface area (Å²) in [5.41, 5.74) is 1.35. The van der Waals surface area contributed by atoms with Gasteiger partial charge in [0.25, 0.3) is 16.1 Å². The van der Waals surface area contributed by atoms with Crippen LogP contribution in [0.5, 0.6) is 0 Å². The summed E-state index contributed by atoms with van der Waals surface area (Å²) in [5.74, 6) is 0.965. The minimum absolute atomic E-state index is 0.165. The smallest absolute Gasteiger partial charge is 0.282 e. The molecule has 1 aliphatic heterocycles. The normalized spacial score (nSPS) is 16.4. The molecule has 1 fully saturated rings. The molecular formula is C20H27N3O4S. The van der Waals surface area contributed by atoms with Gasteiger partial charge in [0.05, 0.1) is 12.8 Å². The number of hydrogen-bond acceptors (Lipinski definition) is 4. The zero-order valence-corrected chi connectivity index (χ0v) is 17.1. The second-order valence-electron chi connectivity index (χ2n) is 7.21. The number of carbonyl (C=O) groups excluding carboxylic acids is 1. The summed E-state index contributed by atoms with van der Waals surface area (Å²) in [6, 6.07) is 10.5. The number of nitrogens with zero attached hydrogens (tertiary/aromatic N) is 2. The van der Waals surface area contributed by atoms with Crippen molar-refractivity contribution < 1.29 is 17.6 Å². The van der Waals surface area contributed by atoms with Crippen LogP contribution in [0, 0.1) is 5.92 Å². The van der Waals surface area contributed by atoms with Crippen LogP contribution in [-0.2, 0) is 23.3 Å². The molecule has 1 N–H and O–H groups in total. The quantitative estimate of drug-likeness (QED) is 0.768. The summed E-state index contributed by atoms with van der Waals surface area (Å²) in [5, 5.41) is 2.58. The van der Waals surface area contributed by atoms with E-state index in [-0.39, 0.29) is 19.0 Å². The van der Waals surface area contributed by atoms with Gasteiger partial charge in [-0.3, -0.25) is 4.79 Å². The Morgan fingerprint density at radius 2 is 1.86 bits per heavy atom. The lowest BCUT2D eigenvalue weighted by Crippen LogP contribution is -2.46. The van der Waals surface area contributed by atoms with Crippen molar-refractivity contribution >= 4 is 16.1 Å². The monoisotopic (exact) mass is 405 g/mol. The average molecular weight is 406 g/mol. The van der Waals surface area contributed by atoms with Crippen LogP contribution >= 0.6 is 0 Å². The molecule has 1 aromatic heterocycles. The van der Waals surface area contributed by atoms with Crippen molar-refractivity contribution in [1.29, 1.82) is 0 Å². The van der Waals surface area contributed by atoms with E-state index in [0.29, 0.717) is 30.3 Å². The molecule has 8 heteroatoms. The second kappa shape index (κ2) is 8.89. The molecule has 2 aromatic rings. The predicted molar refractivity (Wildman–Crippen MR) is 107 cm³/mol. The van der Waals surface area contributed by atoms with Gasteiger partial charge in [0.2, 0.25) is 0 Å². The molecule has 1 saturated heterocycles. The van der Waals surface area contributed by atoms with Gasteiger partial charge in [-0.05, 0) is 48.6 Å². The molecule has 3 rings (SSSR count). The average Bonchev–Trinajstić information content (AvgIpc) is 3.21. The van der Waals surface area contributed by atoms with Crippen LogP contribution in [0.1, 0.15) is 41.4 Å². The van der Waals surface area contributed by atoms with Crippen LogP contribution in [0.2, 0.25) is 0 Å². The van der Waals surface area contributed by atoms with Crippen molar-refractivity contribution in [1.82, 2.24) is 13.9 Å². The molecule has 0 spiro atoms. The van der Waals surface area contributed by atoms with Crippen LogP contribution in [0.15, 0.2) is 47.1 Å². The van der Waals surface area contributed by atoms with Gasteiger partial charge in [-0.15, -0.1) is 0 Å². The minimum Gasteiger partial charge on any atom is -0.468 e. The van der Waals surface area contributed by atoms with E-state index in [9.17, 15) is 13.2 Å². The fraction of sp³-hybridized carbons (Fsp3) is 0.450. The fourth-order valence-electron chi connectivity index (χ4n) is 3.28. The van der Waals surface area contributed by atoms with E-state index in [0.717, 1.165) is 18.4 Å². The van der Waals surface area contributed by atoms with E-state index in [2.05, 4.69) is 12.2 Å². The van der Waals surface area contributed by atoms with Gasteiger partial charge in [-0.1, -0.05) is 19.1 Å². The van der Waals surface area contributed by atoms with Crippen molar-refractivity contribution in [3.8, 4) is 0 Å². The fourth-order valence-corrected chi connectivity index (χ4v) is 4.89. The molecule has 1 aliphatic rings. The van der Waals surface area contributed by atoms with Gasteiger partial charge in [-0.25, -0.2) is 0 Å². The zero-order valence-electron chi connectivity index (χ0n) is 16.3. The Balaban J connectivity index is 1.81. The molecule has 2 heterocycles. The van der Waals surface area contributed by atoms with Crippen LogP contribution in [0.3, 0.4) is 0 Å². The van der Waals surface area contributed by atoms with Crippen LogP contribution in [-0.4, -0.2) is 43.1 Å². The van der Waals surface area contributed by atoms with Crippen molar-refractivity contribution in [2.45, 2.75) is 32.9 Å². The van der Waals surface area contributed by atoms with Crippen molar-refractivity contribution in [2.24, 2.45) is 5.92 Å². The molecule has 7 nitrogen and oxygen atoms in total. The van der Waals surface area contributed by atoms with E-state index in [1.54, 1.807) is 54.0 Å². The van der Waals surface area contributed by atoms with Gasteiger partial charge in [0.1, 0.15) is 5.76 Å². The van der Waals surface area contributed by atoms with E-state index in [1.807, 2.05) is 0 Å². The molecule has 0 aliphatic carbocycles. The number of rotatable bonds is 7. The summed E-state index contributed by atoms with van der Waals surface area (Å²) >= 11 is 0. The number of nitrogens with one attached hydrogen (secondary N) is 1. The first-order valence-electron chi connectivity index (χ1n) is 9.49. The lowest BCUT2D eigenvalue weighted by Gasteiger charge is -2.33. The zero-order chi connectivity index (χ0) is 20.1. The number of hydrogen-bond donors (Lipinski definition) is 1. The van der Waals surface area contributed by atoms with Crippen LogP contribution < -0.4 is 5.32 Å². The first kappa shape index (κ1) is 20.6. The Bertz CT molecular complexity index is 871. The molecule has 0 bridgehead atoms. The predicted octanol–water partition coefficient (Wildman–Crippen LogP) is 2.62. The highest BCUT2D eigenvalue weighted by molar-refractivity contribution is 7.86. The number of furan rings is 1. The Hall–Kier alpha value is -2.16. The maximum absolute atomic E-state index is 13.3. The molecule has 1 amide bonds. The summed E-state index contributed by atoms with van der Waals surface area (Å²) in [6.45, 7) is 3.60. The lowest BCUT2D eigenvalue weighted by atomic mass is 10.0. The van der Waals surface area contributed by atoms with E-state index >= 15 is 0 Å². The Morgan fingerprint density at radius 1 is 1.18 bits per heavy atom. The standard InChI is InChI=1S/C20H27N3O4S/c1-16-9-11-22(12-10-16)28(25,26)23(15-19-4-3-13-27-19)14-17-5-7-18(8-6-17)20(24)21-2/h3-8,13,16H,9-12,14-15H2,1-2H3,(H,21,24). The number of piperidine rings is 1. The van der Waals surface area contributed by atoms with Gasteiger partial charge in [0, 0.05) is 32.2 Å². The molecule has 0 saturated carbocycles. The third-order valence-electron chi connectivity index (χ3n) is 5.11. The van der Waals surface area contributed by atoms with Gasteiger partial charge >= 0.3 is 0 Å². The number of amides is 1. The Morgan fingerprint density at radius 3 is 2.43 bits per heavy atom. The maximum Gasteiger partial charge on any atom is 0.282 e. The molecule has 152 valence electrons. The molecule has 1 aromatic carbocycles. The van der Waals surface area contributed by atoms with Crippen molar-refractivity contribution in [2.75, 3.05) is 20.1 Å². The second-order valence-corrected chi connectivity index (χ2v) is 9.14. The highest BCUT2D eigenvalue weighted by Gasteiger charge is 2.32. The minimum atomic E-state index is -3.63. The Labute approximate surface area is 166 Å². The number of benzene rings is 1. The maximum atomic E-state index is 13.3. The van der Waals surface area contributed by atoms with E-state index in [1.165, 1.54) is 4.31 Å². The van der Waals surface area contributed by atoms with Crippen LogP contribution in [0.25, 0.3) is 0 Å².